The van der Waals surface area contributed by atoms with Gasteiger partial charge in [-0.2, -0.15) is 0 Å². The lowest BCUT2D eigenvalue weighted by atomic mass is 10.00. The van der Waals surface area contributed by atoms with Gasteiger partial charge in [0, 0.05) is 19.0 Å². The van der Waals surface area contributed by atoms with Crippen LogP contribution in [-0.4, -0.2) is 35.1 Å². The van der Waals surface area contributed by atoms with Gasteiger partial charge >= 0.3 is 0 Å². The van der Waals surface area contributed by atoms with Crippen molar-refractivity contribution in [3.63, 3.8) is 0 Å². The zero-order valence-corrected chi connectivity index (χ0v) is 10.7. The summed E-state index contributed by atoms with van der Waals surface area (Å²) in [4.78, 5) is 13.6. The van der Waals surface area contributed by atoms with Crippen LogP contribution in [0.1, 0.15) is 23.2 Å². The third kappa shape index (κ3) is 1.98. The molecule has 1 saturated carbocycles. The van der Waals surface area contributed by atoms with Gasteiger partial charge in [-0.1, -0.05) is 0 Å². The van der Waals surface area contributed by atoms with Crippen LogP contribution in [0.15, 0.2) is 12.1 Å². The average molecular weight is 285 g/mol. The minimum atomic E-state index is -1.63. The highest BCUT2D eigenvalue weighted by molar-refractivity contribution is 5.94. The summed E-state index contributed by atoms with van der Waals surface area (Å²) in [6.45, 7) is 0.766. The molecule has 6 heteroatoms. The summed E-state index contributed by atoms with van der Waals surface area (Å²) in [5, 5.41) is 9.78. The molecule has 3 unspecified atom stereocenters. The van der Waals surface area contributed by atoms with Gasteiger partial charge in [0.1, 0.15) is 0 Å². The van der Waals surface area contributed by atoms with Crippen molar-refractivity contribution >= 4 is 5.91 Å². The van der Waals surface area contributed by atoms with E-state index in [9.17, 15) is 23.1 Å². The molecular weight excluding hydrogens is 271 g/mol. The van der Waals surface area contributed by atoms with Crippen LogP contribution in [-0.2, 0) is 0 Å². The van der Waals surface area contributed by atoms with Gasteiger partial charge in [-0.25, -0.2) is 13.2 Å². The Balaban J connectivity index is 1.83. The van der Waals surface area contributed by atoms with Crippen molar-refractivity contribution in [2.75, 3.05) is 13.1 Å². The molecule has 20 heavy (non-hydrogen) atoms. The minimum absolute atomic E-state index is 0.00677. The van der Waals surface area contributed by atoms with Crippen LogP contribution in [0.25, 0.3) is 0 Å². The number of likely N-dealkylation sites (tertiary alicyclic amines) is 1. The Kier molecular flexibility index (Phi) is 3.20. The fraction of sp³-hybridized carbons (Fsp3) is 0.500. The number of fused-ring (bicyclic) bond motifs is 1. The number of nitrogens with zero attached hydrogens (tertiary/aromatic N) is 1. The SMILES string of the molecule is O=C(c1ccc(F)c(F)c1F)N1CC2CCC(O)C2C1. The molecule has 0 spiro atoms. The van der Waals surface area contributed by atoms with Gasteiger partial charge in [0.25, 0.3) is 5.91 Å². The normalized spacial score (nSPS) is 28.8. The van der Waals surface area contributed by atoms with E-state index in [2.05, 4.69) is 0 Å². The maximum Gasteiger partial charge on any atom is 0.256 e. The maximum absolute atomic E-state index is 13.6. The second-order valence-corrected chi connectivity index (χ2v) is 5.50. The number of carbonyl (C=O) groups excluding carboxylic acids is 1. The van der Waals surface area contributed by atoms with E-state index in [0.717, 1.165) is 25.0 Å². The van der Waals surface area contributed by atoms with Gasteiger partial charge in [-0.05, 0) is 30.9 Å². The van der Waals surface area contributed by atoms with E-state index < -0.39 is 35.0 Å². The van der Waals surface area contributed by atoms with E-state index >= 15 is 0 Å². The lowest BCUT2D eigenvalue weighted by Crippen LogP contribution is -2.31. The van der Waals surface area contributed by atoms with Gasteiger partial charge in [0.05, 0.1) is 11.7 Å². The minimum Gasteiger partial charge on any atom is -0.393 e. The predicted molar refractivity (Wildman–Crippen MR) is 64.4 cm³/mol. The summed E-state index contributed by atoms with van der Waals surface area (Å²) < 4.78 is 39.7. The van der Waals surface area contributed by atoms with Crippen LogP contribution in [0.5, 0.6) is 0 Å². The van der Waals surface area contributed by atoms with Crippen LogP contribution < -0.4 is 0 Å². The summed E-state index contributed by atoms with van der Waals surface area (Å²) in [5.74, 6) is -4.83. The van der Waals surface area contributed by atoms with Crippen LogP contribution >= 0.6 is 0 Å². The maximum atomic E-state index is 13.6. The third-order valence-electron chi connectivity index (χ3n) is 4.37. The number of amides is 1. The van der Waals surface area contributed by atoms with Gasteiger partial charge in [-0.15, -0.1) is 0 Å². The van der Waals surface area contributed by atoms with E-state index in [1.807, 2.05) is 0 Å². The number of hydrogen-bond acceptors (Lipinski definition) is 2. The van der Waals surface area contributed by atoms with Crippen molar-refractivity contribution in [2.45, 2.75) is 18.9 Å². The average Bonchev–Trinajstić information content (AvgIpc) is 2.98. The number of hydrogen-bond donors (Lipinski definition) is 1. The molecule has 1 amide bonds. The number of aliphatic hydroxyl groups excluding tert-OH is 1. The summed E-state index contributed by atoms with van der Waals surface area (Å²) in [6, 6.07) is 1.71. The van der Waals surface area contributed by atoms with E-state index in [-0.39, 0.29) is 11.8 Å². The highest BCUT2D eigenvalue weighted by atomic mass is 19.2. The highest BCUT2D eigenvalue weighted by Crippen LogP contribution is 2.38. The third-order valence-corrected chi connectivity index (χ3v) is 4.37. The second kappa shape index (κ2) is 4.77. The molecule has 3 nitrogen and oxygen atoms in total. The Morgan fingerprint density at radius 2 is 1.90 bits per heavy atom. The van der Waals surface area contributed by atoms with Crippen molar-refractivity contribution < 1.29 is 23.1 Å². The largest absolute Gasteiger partial charge is 0.393 e. The number of halogens is 3. The molecule has 1 N–H and O–H groups in total. The van der Waals surface area contributed by atoms with Crippen LogP contribution in [0.2, 0.25) is 0 Å². The van der Waals surface area contributed by atoms with Crippen molar-refractivity contribution in [3.05, 3.63) is 35.1 Å². The zero-order valence-electron chi connectivity index (χ0n) is 10.7. The number of aliphatic hydroxyl groups is 1. The van der Waals surface area contributed by atoms with E-state index in [0.29, 0.717) is 13.1 Å². The molecule has 1 aliphatic heterocycles. The smallest absolute Gasteiger partial charge is 0.256 e. The first-order valence-corrected chi connectivity index (χ1v) is 6.60. The molecule has 0 bridgehead atoms. The Morgan fingerprint density at radius 3 is 2.60 bits per heavy atom. The quantitative estimate of drug-likeness (QED) is 0.801. The molecule has 3 rings (SSSR count). The number of benzene rings is 1. The topological polar surface area (TPSA) is 40.5 Å². The summed E-state index contributed by atoms with van der Waals surface area (Å²) in [7, 11) is 0. The van der Waals surface area contributed by atoms with Gasteiger partial charge in [0.15, 0.2) is 17.5 Å². The molecule has 1 aromatic carbocycles. The molecule has 2 fully saturated rings. The molecule has 0 aromatic heterocycles. The molecule has 3 atom stereocenters. The molecule has 1 heterocycles. The van der Waals surface area contributed by atoms with E-state index in [1.165, 1.54) is 4.90 Å². The first kappa shape index (κ1) is 13.4. The number of rotatable bonds is 1. The first-order valence-electron chi connectivity index (χ1n) is 6.60. The lowest BCUT2D eigenvalue weighted by Gasteiger charge is -2.19. The Morgan fingerprint density at radius 1 is 1.15 bits per heavy atom. The Labute approximate surface area is 114 Å². The molecule has 2 aliphatic rings. The van der Waals surface area contributed by atoms with Gasteiger partial charge < -0.3 is 10.0 Å². The molecule has 1 saturated heterocycles. The summed E-state index contributed by atoms with van der Waals surface area (Å²) >= 11 is 0. The monoisotopic (exact) mass is 285 g/mol. The first-order chi connectivity index (χ1) is 9.49. The van der Waals surface area contributed by atoms with Crippen LogP contribution in [0.3, 0.4) is 0 Å². The Bertz CT molecular complexity index is 564. The number of carbonyl (C=O) groups is 1. The highest BCUT2D eigenvalue weighted by Gasteiger charge is 2.43. The van der Waals surface area contributed by atoms with Crippen LogP contribution in [0.4, 0.5) is 13.2 Å². The van der Waals surface area contributed by atoms with E-state index in [4.69, 9.17) is 0 Å². The van der Waals surface area contributed by atoms with Gasteiger partial charge in [-0.3, -0.25) is 4.79 Å². The molecular formula is C14H14F3NO2. The Hall–Kier alpha value is -1.56. The van der Waals surface area contributed by atoms with Crippen LogP contribution in [0, 0.1) is 29.3 Å². The molecule has 1 aromatic rings. The predicted octanol–water partition coefficient (Wildman–Crippen LogP) is 1.95. The lowest BCUT2D eigenvalue weighted by molar-refractivity contribution is 0.0746. The molecule has 108 valence electrons. The van der Waals surface area contributed by atoms with Gasteiger partial charge in [0.2, 0.25) is 0 Å². The summed E-state index contributed by atoms with van der Waals surface area (Å²) in [5.41, 5.74) is -0.460. The van der Waals surface area contributed by atoms with Crippen molar-refractivity contribution in [1.29, 1.82) is 0 Å². The fourth-order valence-electron chi connectivity index (χ4n) is 3.26. The second-order valence-electron chi connectivity index (χ2n) is 5.50. The standard InChI is InChI=1S/C14H14F3NO2/c15-10-3-2-8(12(16)13(10)17)14(20)18-5-7-1-4-11(19)9(7)6-18/h2-3,7,9,11,19H,1,4-6H2. The van der Waals surface area contributed by atoms with E-state index in [1.54, 1.807) is 0 Å². The van der Waals surface area contributed by atoms with Crippen molar-refractivity contribution in [1.82, 2.24) is 4.90 Å². The zero-order chi connectivity index (χ0) is 14.4. The summed E-state index contributed by atoms with van der Waals surface area (Å²) in [6.07, 6.45) is 1.11. The molecule has 1 aliphatic carbocycles. The van der Waals surface area contributed by atoms with Crippen molar-refractivity contribution in [3.8, 4) is 0 Å². The molecule has 0 radical (unpaired) electrons. The fourth-order valence-corrected chi connectivity index (χ4v) is 3.26. The van der Waals surface area contributed by atoms with Crippen molar-refractivity contribution in [2.24, 2.45) is 11.8 Å².